The number of aromatic nitrogens is 2. The summed E-state index contributed by atoms with van der Waals surface area (Å²) in [4.78, 5) is 16.5. The van der Waals surface area contributed by atoms with Crippen molar-refractivity contribution in [2.75, 3.05) is 5.32 Å². The Morgan fingerprint density at radius 1 is 1.14 bits per heavy atom. The van der Waals surface area contributed by atoms with E-state index < -0.39 is 35.7 Å². The van der Waals surface area contributed by atoms with E-state index in [0.717, 1.165) is 39.0 Å². The summed E-state index contributed by atoms with van der Waals surface area (Å²) in [6.45, 7) is 1.84. The van der Waals surface area contributed by atoms with Crippen molar-refractivity contribution in [2.45, 2.75) is 64.2 Å². The Labute approximate surface area is 163 Å². The number of nitrogens with zero attached hydrogens (tertiary/aromatic N) is 2. The summed E-state index contributed by atoms with van der Waals surface area (Å²) >= 11 is 0. The second-order valence-electron chi connectivity index (χ2n) is 8.08. The van der Waals surface area contributed by atoms with Gasteiger partial charge in [0.05, 0.1) is 16.7 Å². The van der Waals surface area contributed by atoms with Crippen LogP contribution < -0.4 is 5.32 Å². The molecule has 160 valence electrons. The molecule has 0 aromatic carbocycles. The van der Waals surface area contributed by atoms with E-state index in [1.165, 1.54) is 10.5 Å². The molecular formula is C19H21F6N3O. The van der Waals surface area contributed by atoms with Crippen LogP contribution in [0, 0.1) is 5.41 Å². The standard InChI is InChI=1S/C19H21F6N3O/c1-17(2,19(23,24)25)9-14(29)27-16-15(11-5-3-4-6-11)28-10-12(18(20,21)22)7-8-13(28)26-16/h7-8,10-11H,3-6,9H2,1-2H3,(H,27,29). The molecule has 1 amide bonds. The largest absolute Gasteiger partial charge is 0.417 e. The van der Waals surface area contributed by atoms with Crippen LogP contribution in [0.5, 0.6) is 0 Å². The van der Waals surface area contributed by atoms with Crippen molar-refractivity contribution in [3.05, 3.63) is 29.6 Å². The van der Waals surface area contributed by atoms with Crippen LogP contribution in [0.4, 0.5) is 32.2 Å². The van der Waals surface area contributed by atoms with E-state index >= 15 is 0 Å². The highest BCUT2D eigenvalue weighted by Crippen LogP contribution is 2.42. The summed E-state index contributed by atoms with van der Waals surface area (Å²) in [7, 11) is 0. The topological polar surface area (TPSA) is 46.4 Å². The quantitative estimate of drug-likeness (QED) is 0.622. The lowest BCUT2D eigenvalue weighted by Crippen LogP contribution is -2.36. The maximum Gasteiger partial charge on any atom is 0.417 e. The molecule has 2 aromatic rings. The molecule has 0 unspecified atom stereocenters. The number of carbonyl (C=O) groups is 1. The van der Waals surface area contributed by atoms with Crippen molar-refractivity contribution < 1.29 is 31.1 Å². The lowest BCUT2D eigenvalue weighted by atomic mass is 9.88. The van der Waals surface area contributed by atoms with Gasteiger partial charge in [-0.05, 0) is 25.0 Å². The number of nitrogens with one attached hydrogen (secondary N) is 1. The number of alkyl halides is 6. The summed E-state index contributed by atoms with van der Waals surface area (Å²) < 4.78 is 79.9. The van der Waals surface area contributed by atoms with Crippen molar-refractivity contribution in [1.82, 2.24) is 9.38 Å². The van der Waals surface area contributed by atoms with Gasteiger partial charge in [0.25, 0.3) is 0 Å². The minimum Gasteiger partial charge on any atom is -0.309 e. The number of anilines is 1. The molecule has 29 heavy (non-hydrogen) atoms. The number of amides is 1. The summed E-state index contributed by atoms with van der Waals surface area (Å²) in [6, 6.07) is 2.08. The number of pyridine rings is 1. The van der Waals surface area contributed by atoms with Crippen LogP contribution in [0.25, 0.3) is 5.65 Å². The summed E-state index contributed by atoms with van der Waals surface area (Å²) in [6.07, 6.45) is -5.84. The van der Waals surface area contributed by atoms with Gasteiger partial charge < -0.3 is 9.72 Å². The van der Waals surface area contributed by atoms with E-state index in [0.29, 0.717) is 18.5 Å². The van der Waals surface area contributed by atoms with Gasteiger partial charge in [0.2, 0.25) is 5.91 Å². The van der Waals surface area contributed by atoms with Crippen LogP contribution in [0.1, 0.15) is 63.1 Å². The molecule has 1 fully saturated rings. The van der Waals surface area contributed by atoms with Crippen LogP contribution in [-0.2, 0) is 11.0 Å². The zero-order valence-corrected chi connectivity index (χ0v) is 15.9. The molecule has 0 aliphatic heterocycles. The van der Waals surface area contributed by atoms with E-state index in [9.17, 15) is 31.1 Å². The van der Waals surface area contributed by atoms with Gasteiger partial charge in [-0.25, -0.2) is 4.98 Å². The number of halogens is 6. The number of imidazole rings is 1. The Morgan fingerprint density at radius 2 is 1.76 bits per heavy atom. The van der Waals surface area contributed by atoms with Gasteiger partial charge >= 0.3 is 12.4 Å². The van der Waals surface area contributed by atoms with Crippen LogP contribution in [0.3, 0.4) is 0 Å². The highest BCUT2D eigenvalue weighted by molar-refractivity contribution is 5.91. The van der Waals surface area contributed by atoms with E-state index in [1.807, 2.05) is 0 Å². The number of fused-ring (bicyclic) bond motifs is 1. The third kappa shape index (κ3) is 4.35. The average molecular weight is 421 g/mol. The Morgan fingerprint density at radius 3 is 2.31 bits per heavy atom. The number of hydrogen-bond donors (Lipinski definition) is 1. The van der Waals surface area contributed by atoms with Gasteiger partial charge in [-0.15, -0.1) is 0 Å². The summed E-state index contributed by atoms with van der Waals surface area (Å²) in [5.41, 5.74) is -2.50. The predicted octanol–water partition coefficient (Wildman–Crippen LogP) is 5.93. The van der Waals surface area contributed by atoms with Gasteiger partial charge in [-0.3, -0.25) is 4.79 Å². The maximum atomic E-state index is 13.1. The van der Waals surface area contributed by atoms with E-state index in [2.05, 4.69) is 10.3 Å². The molecule has 0 atom stereocenters. The second-order valence-corrected chi connectivity index (χ2v) is 8.08. The van der Waals surface area contributed by atoms with Crippen molar-refractivity contribution in [3.8, 4) is 0 Å². The highest BCUT2D eigenvalue weighted by Gasteiger charge is 2.48. The van der Waals surface area contributed by atoms with Crippen molar-refractivity contribution in [1.29, 1.82) is 0 Å². The SMILES string of the molecule is CC(C)(CC(=O)Nc1nc2ccc(C(F)(F)F)cn2c1C1CCCC1)C(F)(F)F. The first-order chi connectivity index (χ1) is 13.3. The molecule has 1 saturated carbocycles. The molecule has 2 aromatic heterocycles. The van der Waals surface area contributed by atoms with Gasteiger partial charge in [0.1, 0.15) is 5.65 Å². The molecule has 0 spiro atoms. The first-order valence-electron chi connectivity index (χ1n) is 9.25. The van der Waals surface area contributed by atoms with E-state index in [4.69, 9.17) is 0 Å². The second kappa shape index (κ2) is 7.21. The molecule has 1 aliphatic carbocycles. The van der Waals surface area contributed by atoms with Gasteiger partial charge in [-0.2, -0.15) is 26.3 Å². The monoisotopic (exact) mass is 421 g/mol. The van der Waals surface area contributed by atoms with Gasteiger partial charge in [-0.1, -0.05) is 26.7 Å². The molecular weight excluding hydrogens is 400 g/mol. The normalized spacial score (nSPS) is 16.6. The zero-order chi connectivity index (χ0) is 21.6. The molecule has 1 N–H and O–H groups in total. The van der Waals surface area contributed by atoms with E-state index in [-0.39, 0.29) is 17.4 Å². The van der Waals surface area contributed by atoms with Crippen LogP contribution >= 0.6 is 0 Å². The van der Waals surface area contributed by atoms with Crippen molar-refractivity contribution in [2.24, 2.45) is 5.41 Å². The minimum absolute atomic E-state index is 0.0270. The molecule has 4 nitrogen and oxygen atoms in total. The Balaban J connectivity index is 1.98. The summed E-state index contributed by atoms with van der Waals surface area (Å²) in [5.74, 6) is -0.982. The fraction of sp³-hybridized carbons (Fsp3) is 0.579. The lowest BCUT2D eigenvalue weighted by molar-refractivity contribution is -0.213. The molecule has 2 heterocycles. The Kier molecular flexibility index (Phi) is 5.33. The minimum atomic E-state index is -4.57. The van der Waals surface area contributed by atoms with E-state index in [1.54, 1.807) is 0 Å². The third-order valence-electron chi connectivity index (χ3n) is 5.35. The third-order valence-corrected chi connectivity index (χ3v) is 5.35. The number of hydrogen-bond acceptors (Lipinski definition) is 2. The molecule has 1 aliphatic rings. The van der Waals surface area contributed by atoms with Crippen LogP contribution in [-0.4, -0.2) is 21.5 Å². The summed E-state index contributed by atoms with van der Waals surface area (Å²) in [5, 5.41) is 2.41. The number of carbonyl (C=O) groups excluding carboxylic acids is 1. The Bertz CT molecular complexity index is 907. The van der Waals surface area contributed by atoms with Gasteiger partial charge in [0, 0.05) is 18.5 Å². The average Bonchev–Trinajstić information content (AvgIpc) is 3.18. The molecule has 0 bridgehead atoms. The van der Waals surface area contributed by atoms with Crippen LogP contribution in [0.15, 0.2) is 18.3 Å². The smallest absolute Gasteiger partial charge is 0.309 e. The van der Waals surface area contributed by atoms with Crippen molar-refractivity contribution >= 4 is 17.4 Å². The first-order valence-corrected chi connectivity index (χ1v) is 9.25. The van der Waals surface area contributed by atoms with Crippen molar-refractivity contribution in [3.63, 3.8) is 0 Å². The fourth-order valence-corrected chi connectivity index (χ4v) is 3.59. The zero-order valence-electron chi connectivity index (χ0n) is 15.9. The molecule has 3 rings (SSSR count). The van der Waals surface area contributed by atoms with Gasteiger partial charge in [0.15, 0.2) is 5.82 Å². The number of rotatable bonds is 4. The fourth-order valence-electron chi connectivity index (χ4n) is 3.59. The lowest BCUT2D eigenvalue weighted by Gasteiger charge is -2.26. The first kappa shape index (κ1) is 21.4. The maximum absolute atomic E-state index is 13.1. The highest BCUT2D eigenvalue weighted by atomic mass is 19.4. The molecule has 0 saturated heterocycles. The molecule has 0 radical (unpaired) electrons. The van der Waals surface area contributed by atoms with Crippen LogP contribution in [0.2, 0.25) is 0 Å². The Hall–Kier alpha value is -2.26. The molecule has 10 heteroatoms. The predicted molar refractivity (Wildman–Crippen MR) is 94.5 cm³/mol.